The summed E-state index contributed by atoms with van der Waals surface area (Å²) in [6.07, 6.45) is 1.25. The van der Waals surface area contributed by atoms with Crippen LogP contribution in [0.3, 0.4) is 0 Å². The van der Waals surface area contributed by atoms with Gasteiger partial charge in [0.05, 0.1) is 11.0 Å². The summed E-state index contributed by atoms with van der Waals surface area (Å²) >= 11 is 0. The Bertz CT molecular complexity index is 616. The first-order valence-electron chi connectivity index (χ1n) is 6.35. The predicted molar refractivity (Wildman–Crippen MR) is 71.2 cm³/mol. The predicted octanol–water partition coefficient (Wildman–Crippen LogP) is 2.49. The second kappa shape index (κ2) is 5.65. The Morgan fingerprint density at radius 2 is 2.00 bits per heavy atom. The van der Waals surface area contributed by atoms with Crippen LogP contribution in [0.1, 0.15) is 36.8 Å². The molecular weight excluding hydrogens is 244 g/mol. The zero-order valence-corrected chi connectivity index (χ0v) is 10.8. The van der Waals surface area contributed by atoms with Gasteiger partial charge in [-0.25, -0.2) is 4.98 Å². The fourth-order valence-corrected chi connectivity index (χ4v) is 2.09. The van der Waals surface area contributed by atoms with E-state index in [0.29, 0.717) is 12.8 Å². The Labute approximate surface area is 110 Å². The van der Waals surface area contributed by atoms with E-state index in [1.54, 1.807) is 4.57 Å². The number of hydrogen-bond acceptors (Lipinski definition) is 3. The van der Waals surface area contributed by atoms with Crippen LogP contribution in [0, 0.1) is 0 Å². The number of carboxylic acid groups (broad SMARTS) is 1. The number of aryl methyl sites for hydroxylation is 1. The molecule has 1 heterocycles. The van der Waals surface area contributed by atoms with E-state index in [1.807, 2.05) is 31.2 Å². The third kappa shape index (κ3) is 2.81. The maximum Gasteiger partial charge on any atom is 0.303 e. The van der Waals surface area contributed by atoms with Gasteiger partial charge in [0.15, 0.2) is 0 Å². The molecule has 19 heavy (non-hydrogen) atoms. The smallest absolute Gasteiger partial charge is 0.303 e. The highest BCUT2D eigenvalue weighted by Crippen LogP contribution is 2.17. The van der Waals surface area contributed by atoms with E-state index in [9.17, 15) is 9.59 Å². The summed E-state index contributed by atoms with van der Waals surface area (Å²) in [5.41, 5.74) is 1.59. The van der Waals surface area contributed by atoms with Crippen LogP contribution in [0.4, 0.5) is 0 Å². The minimum absolute atomic E-state index is 0.0137. The molecule has 0 bridgehead atoms. The van der Waals surface area contributed by atoms with Crippen LogP contribution in [-0.2, 0) is 11.2 Å². The van der Waals surface area contributed by atoms with E-state index < -0.39 is 5.97 Å². The molecule has 0 fully saturated rings. The lowest BCUT2D eigenvalue weighted by Crippen LogP contribution is -2.14. The van der Waals surface area contributed by atoms with Gasteiger partial charge in [-0.05, 0) is 18.6 Å². The summed E-state index contributed by atoms with van der Waals surface area (Å²) < 4.78 is 1.61. The van der Waals surface area contributed by atoms with Crippen molar-refractivity contribution in [2.75, 3.05) is 0 Å². The van der Waals surface area contributed by atoms with Crippen molar-refractivity contribution < 1.29 is 14.7 Å². The first-order chi connectivity index (χ1) is 9.13. The summed E-state index contributed by atoms with van der Waals surface area (Å²) in [6, 6.07) is 7.48. The highest BCUT2D eigenvalue weighted by Gasteiger charge is 2.15. The van der Waals surface area contributed by atoms with Gasteiger partial charge in [0.25, 0.3) is 0 Å². The number of aromatic nitrogens is 2. The van der Waals surface area contributed by atoms with Crippen molar-refractivity contribution in [3.63, 3.8) is 0 Å². The van der Waals surface area contributed by atoms with Gasteiger partial charge in [-0.2, -0.15) is 0 Å². The van der Waals surface area contributed by atoms with E-state index >= 15 is 0 Å². The zero-order chi connectivity index (χ0) is 13.8. The molecule has 1 aromatic carbocycles. The maximum absolute atomic E-state index is 12.2. The van der Waals surface area contributed by atoms with Crippen molar-refractivity contribution in [1.29, 1.82) is 0 Å². The lowest BCUT2D eigenvalue weighted by atomic mass is 10.2. The fourth-order valence-electron chi connectivity index (χ4n) is 2.09. The number of hydrogen-bond donors (Lipinski definition) is 1. The molecule has 100 valence electrons. The van der Waals surface area contributed by atoms with Crippen LogP contribution in [0.2, 0.25) is 0 Å². The molecule has 1 aromatic heterocycles. The second-order valence-corrected chi connectivity index (χ2v) is 4.35. The molecule has 0 amide bonds. The van der Waals surface area contributed by atoms with Crippen LogP contribution in [0.25, 0.3) is 11.0 Å². The lowest BCUT2D eigenvalue weighted by Gasteiger charge is -2.05. The van der Waals surface area contributed by atoms with E-state index in [0.717, 1.165) is 16.9 Å². The van der Waals surface area contributed by atoms with E-state index in [4.69, 9.17) is 5.11 Å². The molecule has 5 heteroatoms. The van der Waals surface area contributed by atoms with E-state index in [2.05, 4.69) is 4.98 Å². The highest BCUT2D eigenvalue weighted by molar-refractivity contribution is 5.91. The quantitative estimate of drug-likeness (QED) is 0.896. The Hall–Kier alpha value is -2.17. The van der Waals surface area contributed by atoms with Crippen LogP contribution in [0.5, 0.6) is 0 Å². The minimum Gasteiger partial charge on any atom is -0.481 e. The van der Waals surface area contributed by atoms with Gasteiger partial charge in [-0.15, -0.1) is 0 Å². The molecular formula is C14H16N2O3. The van der Waals surface area contributed by atoms with Crippen molar-refractivity contribution in [1.82, 2.24) is 9.55 Å². The molecule has 0 saturated heterocycles. The number of imidazole rings is 1. The number of benzene rings is 1. The Balaban J connectivity index is 2.27. The second-order valence-electron chi connectivity index (χ2n) is 4.35. The summed E-state index contributed by atoms with van der Waals surface area (Å²) in [6.45, 7) is 1.95. The van der Waals surface area contributed by atoms with Gasteiger partial charge in [0.1, 0.15) is 5.82 Å². The zero-order valence-electron chi connectivity index (χ0n) is 10.8. The van der Waals surface area contributed by atoms with Crippen LogP contribution < -0.4 is 0 Å². The lowest BCUT2D eigenvalue weighted by molar-refractivity contribution is -0.137. The average Bonchev–Trinajstić information content (AvgIpc) is 2.76. The molecule has 0 atom stereocenters. The van der Waals surface area contributed by atoms with Gasteiger partial charge in [-0.1, -0.05) is 19.1 Å². The van der Waals surface area contributed by atoms with Crippen molar-refractivity contribution in [2.45, 2.75) is 32.6 Å². The number of nitrogens with zero attached hydrogens (tertiary/aromatic N) is 2. The SMILES string of the molecule is CCc1nc2ccccc2n1C(=O)CCCC(=O)O. The Morgan fingerprint density at radius 3 is 2.68 bits per heavy atom. The standard InChI is InChI=1S/C14H16N2O3/c1-2-12-15-10-6-3-4-7-11(10)16(12)13(17)8-5-9-14(18)19/h3-4,6-7H,2,5,8-9H2,1H3,(H,18,19). The number of carboxylic acids is 1. The van der Waals surface area contributed by atoms with Gasteiger partial charge in [-0.3, -0.25) is 14.2 Å². The largest absolute Gasteiger partial charge is 0.481 e. The third-order valence-corrected chi connectivity index (χ3v) is 2.98. The molecule has 2 aromatic rings. The molecule has 1 N–H and O–H groups in total. The number of carbonyl (C=O) groups is 2. The molecule has 5 nitrogen and oxygen atoms in total. The van der Waals surface area contributed by atoms with Crippen molar-refractivity contribution >= 4 is 22.9 Å². The maximum atomic E-state index is 12.2. The average molecular weight is 260 g/mol. The van der Waals surface area contributed by atoms with Crippen molar-refractivity contribution in [2.24, 2.45) is 0 Å². The number of aliphatic carboxylic acids is 1. The number of fused-ring (bicyclic) bond motifs is 1. The van der Waals surface area contributed by atoms with Crippen molar-refractivity contribution in [3.8, 4) is 0 Å². The number of carbonyl (C=O) groups excluding carboxylic acids is 1. The topological polar surface area (TPSA) is 72.2 Å². The van der Waals surface area contributed by atoms with Gasteiger partial charge >= 0.3 is 5.97 Å². The van der Waals surface area contributed by atoms with Gasteiger partial charge in [0, 0.05) is 19.3 Å². The molecule has 0 aliphatic rings. The van der Waals surface area contributed by atoms with Crippen molar-refractivity contribution in [3.05, 3.63) is 30.1 Å². The minimum atomic E-state index is -0.876. The summed E-state index contributed by atoms with van der Waals surface area (Å²) in [7, 11) is 0. The molecule has 0 saturated carbocycles. The molecule has 2 rings (SSSR count). The summed E-state index contributed by atoms with van der Waals surface area (Å²) in [5.74, 6) is -0.243. The van der Waals surface area contributed by atoms with E-state index in [1.165, 1.54) is 0 Å². The monoisotopic (exact) mass is 260 g/mol. The van der Waals surface area contributed by atoms with Crippen LogP contribution in [-0.4, -0.2) is 26.5 Å². The number of para-hydroxylation sites is 2. The third-order valence-electron chi connectivity index (χ3n) is 2.98. The van der Waals surface area contributed by atoms with Gasteiger partial charge in [0.2, 0.25) is 5.91 Å². The summed E-state index contributed by atoms with van der Waals surface area (Å²) in [5, 5.41) is 8.60. The van der Waals surface area contributed by atoms with Crippen LogP contribution in [0.15, 0.2) is 24.3 Å². The fraction of sp³-hybridized carbons (Fsp3) is 0.357. The Kier molecular flexibility index (Phi) is 3.94. The molecule has 0 spiro atoms. The molecule has 0 aliphatic carbocycles. The molecule has 0 radical (unpaired) electrons. The first-order valence-corrected chi connectivity index (χ1v) is 6.35. The van der Waals surface area contributed by atoms with E-state index in [-0.39, 0.29) is 18.7 Å². The highest BCUT2D eigenvalue weighted by atomic mass is 16.4. The molecule has 0 aliphatic heterocycles. The Morgan fingerprint density at radius 1 is 1.26 bits per heavy atom. The van der Waals surface area contributed by atoms with Gasteiger partial charge < -0.3 is 5.11 Å². The normalized spacial score (nSPS) is 10.8. The molecule has 0 unspecified atom stereocenters. The first kappa shape index (κ1) is 13.3. The number of rotatable bonds is 5. The van der Waals surface area contributed by atoms with Crippen LogP contribution >= 0.6 is 0 Å². The summed E-state index contributed by atoms with van der Waals surface area (Å²) in [4.78, 5) is 27.1.